The van der Waals surface area contributed by atoms with Gasteiger partial charge in [-0.3, -0.25) is 15.0 Å². The lowest BCUT2D eigenvalue weighted by atomic mass is 9.92. The second kappa shape index (κ2) is 10.5. The highest BCUT2D eigenvalue weighted by Gasteiger charge is 2.18. The molecule has 0 saturated carbocycles. The summed E-state index contributed by atoms with van der Waals surface area (Å²) in [5.74, 6) is -0.390. The number of rotatable bonds is 7. The second-order valence-corrected chi connectivity index (χ2v) is 7.93. The molecule has 4 rings (SSSR count). The fourth-order valence-corrected chi connectivity index (χ4v) is 3.59. The molecule has 0 spiro atoms. The van der Waals surface area contributed by atoms with E-state index < -0.39 is 0 Å². The topological polar surface area (TPSA) is 84.5 Å². The average Bonchev–Trinajstić information content (AvgIpc) is 2.89. The van der Waals surface area contributed by atoms with E-state index in [4.69, 9.17) is 18.0 Å². The zero-order valence-corrected chi connectivity index (χ0v) is 19.0. The van der Waals surface area contributed by atoms with Crippen LogP contribution in [0.3, 0.4) is 0 Å². The molecular weight excluding hydrogens is 442 g/mol. The summed E-state index contributed by atoms with van der Waals surface area (Å²) in [5.41, 5.74) is 11.9. The molecule has 0 fully saturated rings. The predicted octanol–water partition coefficient (Wildman–Crippen LogP) is 4.73. The van der Waals surface area contributed by atoms with Crippen molar-refractivity contribution in [2.75, 3.05) is 0 Å². The number of ketones is 2. The average molecular weight is 464 g/mol. The van der Waals surface area contributed by atoms with Gasteiger partial charge in [0, 0.05) is 33.4 Å². The van der Waals surface area contributed by atoms with Gasteiger partial charge in [0.15, 0.2) is 16.7 Å². The minimum absolute atomic E-state index is 0.00512. The van der Waals surface area contributed by atoms with Crippen molar-refractivity contribution in [3.05, 3.63) is 143 Å². The van der Waals surface area contributed by atoms with Crippen molar-refractivity contribution in [2.45, 2.75) is 0 Å². The molecule has 4 aromatic carbocycles. The lowest BCUT2D eigenvalue weighted by molar-refractivity contribution is 0.103. The Bertz CT molecular complexity index is 1300. The standard InChI is InChI=1S/C28H21N3O2S/c29-28(34)31-30-25(19-10-4-1-5-11-19)22-16-23(26(32)20-12-6-2-7-13-20)18-24(17-22)27(33)21-14-8-3-9-15-21/h1-18H,(H3,29,31,34)/b30-25+. The summed E-state index contributed by atoms with van der Waals surface area (Å²) in [6.45, 7) is 0. The van der Waals surface area contributed by atoms with Gasteiger partial charge < -0.3 is 5.73 Å². The first-order chi connectivity index (χ1) is 16.5. The van der Waals surface area contributed by atoms with Crippen LogP contribution in [0, 0.1) is 0 Å². The number of nitrogens with zero attached hydrogens (tertiary/aromatic N) is 1. The van der Waals surface area contributed by atoms with E-state index in [1.165, 1.54) is 0 Å². The third kappa shape index (κ3) is 5.31. The zero-order valence-electron chi connectivity index (χ0n) is 18.1. The van der Waals surface area contributed by atoms with Gasteiger partial charge in [0.1, 0.15) is 0 Å². The maximum atomic E-state index is 13.3. The van der Waals surface area contributed by atoms with Crippen LogP contribution in [0.1, 0.15) is 43.0 Å². The van der Waals surface area contributed by atoms with Crippen molar-refractivity contribution in [1.82, 2.24) is 5.43 Å². The molecule has 0 aliphatic rings. The van der Waals surface area contributed by atoms with Gasteiger partial charge >= 0.3 is 0 Å². The van der Waals surface area contributed by atoms with Gasteiger partial charge in [0.2, 0.25) is 0 Å². The van der Waals surface area contributed by atoms with Crippen molar-refractivity contribution in [1.29, 1.82) is 0 Å². The minimum Gasteiger partial charge on any atom is -0.375 e. The van der Waals surface area contributed by atoms with Crippen LogP contribution in [0.5, 0.6) is 0 Å². The molecule has 166 valence electrons. The van der Waals surface area contributed by atoms with Gasteiger partial charge in [-0.15, -0.1) is 0 Å². The van der Waals surface area contributed by atoms with Gasteiger partial charge in [-0.05, 0) is 30.4 Å². The van der Waals surface area contributed by atoms with E-state index >= 15 is 0 Å². The normalized spacial score (nSPS) is 11.0. The van der Waals surface area contributed by atoms with E-state index in [1.807, 2.05) is 42.5 Å². The van der Waals surface area contributed by atoms with E-state index in [9.17, 15) is 9.59 Å². The summed E-state index contributed by atoms with van der Waals surface area (Å²) in [7, 11) is 0. The third-order valence-electron chi connectivity index (χ3n) is 5.13. The van der Waals surface area contributed by atoms with Crippen molar-refractivity contribution < 1.29 is 9.59 Å². The van der Waals surface area contributed by atoms with E-state index in [2.05, 4.69) is 10.5 Å². The first-order valence-electron chi connectivity index (χ1n) is 10.6. The summed E-state index contributed by atoms with van der Waals surface area (Å²) in [6.07, 6.45) is 0. The van der Waals surface area contributed by atoms with Crippen LogP contribution in [-0.2, 0) is 0 Å². The third-order valence-corrected chi connectivity index (χ3v) is 5.22. The molecule has 6 heteroatoms. The zero-order chi connectivity index (χ0) is 23.9. The maximum absolute atomic E-state index is 13.3. The van der Waals surface area contributed by atoms with Crippen molar-refractivity contribution in [2.24, 2.45) is 10.8 Å². The second-order valence-electron chi connectivity index (χ2n) is 7.49. The molecule has 5 nitrogen and oxygen atoms in total. The molecule has 0 saturated heterocycles. The molecule has 0 bridgehead atoms. The molecular formula is C28H21N3O2S. The van der Waals surface area contributed by atoms with Gasteiger partial charge in [0.25, 0.3) is 0 Å². The van der Waals surface area contributed by atoms with E-state index in [0.29, 0.717) is 33.5 Å². The van der Waals surface area contributed by atoms with Crippen LogP contribution >= 0.6 is 12.2 Å². The van der Waals surface area contributed by atoms with Crippen LogP contribution in [0.25, 0.3) is 0 Å². The van der Waals surface area contributed by atoms with Gasteiger partial charge in [-0.2, -0.15) is 5.10 Å². The molecule has 0 radical (unpaired) electrons. The number of carbonyl (C=O) groups excluding carboxylic acids is 2. The van der Waals surface area contributed by atoms with Crippen molar-refractivity contribution >= 4 is 34.6 Å². The Morgan fingerprint density at radius 2 is 0.971 bits per heavy atom. The Labute approximate surface area is 202 Å². The molecule has 3 N–H and O–H groups in total. The fraction of sp³-hybridized carbons (Fsp3) is 0. The fourth-order valence-electron chi connectivity index (χ4n) is 3.54. The van der Waals surface area contributed by atoms with E-state index in [1.54, 1.807) is 66.7 Å². The highest BCUT2D eigenvalue weighted by atomic mass is 32.1. The van der Waals surface area contributed by atoms with E-state index in [-0.39, 0.29) is 16.7 Å². The molecule has 0 aliphatic heterocycles. The summed E-state index contributed by atoms with van der Waals surface area (Å²) in [5, 5.41) is 4.39. The predicted molar refractivity (Wildman–Crippen MR) is 138 cm³/mol. The lowest BCUT2D eigenvalue weighted by Crippen LogP contribution is -2.26. The molecule has 0 heterocycles. The van der Waals surface area contributed by atoms with Crippen molar-refractivity contribution in [3.8, 4) is 0 Å². The number of nitrogens with one attached hydrogen (secondary N) is 1. The number of hydrogen-bond acceptors (Lipinski definition) is 4. The quantitative estimate of drug-likeness (QED) is 0.179. The monoisotopic (exact) mass is 463 g/mol. The Morgan fingerprint density at radius 3 is 1.38 bits per heavy atom. The van der Waals surface area contributed by atoms with E-state index in [0.717, 1.165) is 5.56 Å². The van der Waals surface area contributed by atoms with Crippen LogP contribution in [0.2, 0.25) is 0 Å². The highest BCUT2D eigenvalue weighted by molar-refractivity contribution is 7.80. The number of hydrogen-bond donors (Lipinski definition) is 2. The highest BCUT2D eigenvalue weighted by Crippen LogP contribution is 2.21. The largest absolute Gasteiger partial charge is 0.375 e. The Hall–Kier alpha value is -4.42. The molecule has 0 unspecified atom stereocenters. The molecule has 4 aromatic rings. The first-order valence-corrected chi connectivity index (χ1v) is 11.0. The summed E-state index contributed by atoms with van der Waals surface area (Å²) < 4.78 is 0. The maximum Gasteiger partial charge on any atom is 0.193 e. The summed E-state index contributed by atoms with van der Waals surface area (Å²) in [6, 6.07) is 32.4. The van der Waals surface area contributed by atoms with Crippen LogP contribution in [0.4, 0.5) is 0 Å². The first kappa shape index (κ1) is 22.8. The lowest BCUT2D eigenvalue weighted by Gasteiger charge is -2.12. The molecule has 0 atom stereocenters. The molecule has 0 aromatic heterocycles. The van der Waals surface area contributed by atoms with Gasteiger partial charge in [-0.1, -0.05) is 91.0 Å². The smallest absolute Gasteiger partial charge is 0.193 e. The Balaban J connectivity index is 1.90. The van der Waals surface area contributed by atoms with Gasteiger partial charge in [-0.25, -0.2) is 0 Å². The van der Waals surface area contributed by atoms with Crippen LogP contribution in [-0.4, -0.2) is 22.4 Å². The number of benzene rings is 4. The number of nitrogens with two attached hydrogens (primary N) is 1. The number of hydrazone groups is 1. The summed E-state index contributed by atoms with van der Waals surface area (Å²) >= 11 is 4.93. The van der Waals surface area contributed by atoms with Crippen LogP contribution < -0.4 is 11.2 Å². The number of thiocarbonyl (C=S) groups is 1. The van der Waals surface area contributed by atoms with Gasteiger partial charge in [0.05, 0.1) is 5.71 Å². The SMILES string of the molecule is NC(=S)N/N=C(\c1ccccc1)c1cc(C(=O)c2ccccc2)cc(C(=O)c2ccccc2)c1. The summed E-state index contributed by atoms with van der Waals surface area (Å²) in [4.78, 5) is 26.7. The number of carbonyl (C=O) groups is 2. The molecule has 0 amide bonds. The van der Waals surface area contributed by atoms with Crippen LogP contribution in [0.15, 0.2) is 114 Å². The Morgan fingerprint density at radius 1 is 0.588 bits per heavy atom. The molecule has 34 heavy (non-hydrogen) atoms. The minimum atomic E-state index is -0.195. The van der Waals surface area contributed by atoms with Crippen molar-refractivity contribution in [3.63, 3.8) is 0 Å². The molecule has 0 aliphatic carbocycles. The Kier molecular flexibility index (Phi) is 7.01.